The molecule has 3 aromatic carbocycles. The molecule has 184 valence electrons. The molecule has 0 unspecified atom stereocenters. The number of benzene rings is 3. The zero-order valence-electron chi connectivity index (χ0n) is 19.5. The topological polar surface area (TPSA) is 84.2 Å². The van der Waals surface area contributed by atoms with E-state index in [0.717, 1.165) is 10.9 Å². The van der Waals surface area contributed by atoms with Crippen molar-refractivity contribution in [1.82, 2.24) is 4.90 Å². The van der Waals surface area contributed by atoms with Gasteiger partial charge in [0.2, 0.25) is 6.79 Å². The maximum Gasteiger partial charge on any atom is 0.291 e. The van der Waals surface area contributed by atoms with Crippen molar-refractivity contribution in [2.75, 3.05) is 25.2 Å². The van der Waals surface area contributed by atoms with Crippen LogP contribution in [0.25, 0.3) is 11.0 Å². The zero-order valence-corrected chi connectivity index (χ0v) is 19.5. The average molecular weight is 489 g/mol. The summed E-state index contributed by atoms with van der Waals surface area (Å²) >= 11 is 0. The number of fused-ring (bicyclic) bond motifs is 2. The molecule has 0 bridgehead atoms. The number of nitrogens with zero attached hydrogens (tertiary/aromatic N) is 1. The zero-order chi connectivity index (χ0) is 24.7. The van der Waals surface area contributed by atoms with Crippen molar-refractivity contribution < 1.29 is 28.2 Å². The number of carbonyl (C=O) groups excluding carboxylic acids is 1. The molecule has 6 rings (SSSR count). The number of likely N-dealkylation sites (tertiary alicyclic amines) is 1. The number of hydrogen-bond acceptors (Lipinski definition) is 6. The van der Waals surface area contributed by atoms with Crippen LogP contribution in [0.1, 0.15) is 34.5 Å². The number of piperidine rings is 1. The number of furan rings is 1. The molecular formula is C28H25FN2O5. The molecule has 4 aromatic rings. The third-order valence-electron chi connectivity index (χ3n) is 6.94. The molecular weight excluding hydrogens is 463 g/mol. The minimum atomic E-state index is -0.994. The van der Waals surface area contributed by atoms with Crippen LogP contribution in [0, 0.1) is 5.82 Å². The Kier molecular flexibility index (Phi) is 5.62. The number of amides is 1. The molecule has 1 saturated heterocycles. The fourth-order valence-electron chi connectivity index (χ4n) is 4.85. The summed E-state index contributed by atoms with van der Waals surface area (Å²) in [5, 5.41) is 14.9. The number of carbonyl (C=O) groups is 1. The smallest absolute Gasteiger partial charge is 0.291 e. The van der Waals surface area contributed by atoms with Crippen LogP contribution in [-0.2, 0) is 12.1 Å². The minimum Gasteiger partial charge on any atom is -0.454 e. The van der Waals surface area contributed by atoms with Crippen molar-refractivity contribution >= 4 is 22.6 Å². The van der Waals surface area contributed by atoms with Crippen molar-refractivity contribution in [3.8, 4) is 11.5 Å². The molecule has 1 amide bonds. The van der Waals surface area contributed by atoms with E-state index in [9.17, 15) is 14.3 Å². The molecule has 1 aromatic heterocycles. The number of hydrogen-bond donors (Lipinski definition) is 2. The summed E-state index contributed by atoms with van der Waals surface area (Å²) in [7, 11) is 0. The molecule has 1 fully saturated rings. The van der Waals surface area contributed by atoms with Gasteiger partial charge in [-0.3, -0.25) is 9.69 Å². The van der Waals surface area contributed by atoms with E-state index in [0.29, 0.717) is 60.8 Å². The van der Waals surface area contributed by atoms with Crippen molar-refractivity contribution in [2.24, 2.45) is 0 Å². The summed E-state index contributed by atoms with van der Waals surface area (Å²) in [6, 6.07) is 19.2. The Balaban J connectivity index is 1.14. The molecule has 0 radical (unpaired) electrons. The van der Waals surface area contributed by atoms with Gasteiger partial charge in [0.05, 0.1) is 5.60 Å². The number of rotatable bonds is 5. The Labute approximate surface area is 207 Å². The van der Waals surface area contributed by atoms with Gasteiger partial charge in [0, 0.05) is 42.3 Å². The van der Waals surface area contributed by atoms with E-state index < -0.39 is 5.60 Å². The molecule has 7 nitrogen and oxygen atoms in total. The standard InChI is InChI=1S/C28H25FN2O5/c29-22-4-2-1-3-18(22)16-31-11-9-28(33,10-12-31)20-5-7-23-19(13-20)14-26(36-23)27(32)30-21-6-8-24-25(15-21)35-17-34-24/h1-8,13-15,33H,9-12,16-17H2,(H,30,32). The molecule has 8 heteroatoms. The van der Waals surface area contributed by atoms with E-state index >= 15 is 0 Å². The van der Waals surface area contributed by atoms with Crippen LogP contribution >= 0.6 is 0 Å². The van der Waals surface area contributed by atoms with Crippen LogP contribution in [-0.4, -0.2) is 35.8 Å². The SMILES string of the molecule is O=C(Nc1ccc2c(c1)OCO2)c1cc2cc(C3(O)CCN(Cc4ccccc4F)CC3)ccc2o1. The minimum absolute atomic E-state index is 0.161. The molecule has 0 spiro atoms. The van der Waals surface area contributed by atoms with Crippen LogP contribution in [0.5, 0.6) is 11.5 Å². The van der Waals surface area contributed by atoms with Gasteiger partial charge in [-0.1, -0.05) is 24.3 Å². The largest absolute Gasteiger partial charge is 0.454 e. The Hall–Kier alpha value is -3.88. The molecule has 0 aliphatic carbocycles. The lowest BCUT2D eigenvalue weighted by Crippen LogP contribution is -2.42. The Morgan fingerprint density at radius 3 is 2.64 bits per heavy atom. The Morgan fingerprint density at radius 2 is 1.81 bits per heavy atom. The maximum atomic E-state index is 14.0. The monoisotopic (exact) mass is 488 g/mol. The van der Waals surface area contributed by atoms with Crippen molar-refractivity contribution in [2.45, 2.75) is 25.0 Å². The summed E-state index contributed by atoms with van der Waals surface area (Å²) in [4.78, 5) is 14.9. The third kappa shape index (κ3) is 4.29. The fraction of sp³-hybridized carbons (Fsp3) is 0.250. The predicted octanol–water partition coefficient (Wildman–Crippen LogP) is 5.04. The van der Waals surface area contributed by atoms with Crippen LogP contribution in [0.4, 0.5) is 10.1 Å². The average Bonchev–Trinajstić information content (AvgIpc) is 3.53. The summed E-state index contributed by atoms with van der Waals surface area (Å²) in [6.45, 7) is 1.98. The first kappa shape index (κ1) is 22.6. The number of aliphatic hydroxyl groups is 1. The normalized spacial score (nSPS) is 16.8. The molecule has 2 aliphatic rings. The highest BCUT2D eigenvalue weighted by molar-refractivity contribution is 6.04. The number of ether oxygens (including phenoxy) is 2. The first-order valence-electron chi connectivity index (χ1n) is 11.9. The molecule has 2 N–H and O–H groups in total. The van der Waals surface area contributed by atoms with Gasteiger partial charge >= 0.3 is 0 Å². The van der Waals surface area contributed by atoms with Crippen LogP contribution in [0.2, 0.25) is 0 Å². The molecule has 0 saturated carbocycles. The fourth-order valence-corrected chi connectivity index (χ4v) is 4.85. The van der Waals surface area contributed by atoms with Gasteiger partial charge in [0.15, 0.2) is 17.3 Å². The summed E-state index contributed by atoms with van der Waals surface area (Å²) in [6.07, 6.45) is 1.06. The summed E-state index contributed by atoms with van der Waals surface area (Å²) in [5.74, 6) is 0.802. The molecule has 36 heavy (non-hydrogen) atoms. The highest BCUT2D eigenvalue weighted by Crippen LogP contribution is 2.36. The van der Waals surface area contributed by atoms with Crippen LogP contribution in [0.15, 0.2) is 71.1 Å². The molecule has 0 atom stereocenters. The van der Waals surface area contributed by atoms with Gasteiger partial charge in [-0.25, -0.2) is 4.39 Å². The van der Waals surface area contributed by atoms with Gasteiger partial charge in [-0.05, 0) is 54.8 Å². The Morgan fingerprint density at radius 1 is 1.00 bits per heavy atom. The van der Waals surface area contributed by atoms with Gasteiger partial charge in [-0.2, -0.15) is 0 Å². The van der Waals surface area contributed by atoms with E-state index in [1.54, 1.807) is 42.5 Å². The van der Waals surface area contributed by atoms with Gasteiger partial charge in [-0.15, -0.1) is 0 Å². The van der Waals surface area contributed by atoms with Crippen LogP contribution < -0.4 is 14.8 Å². The lowest BCUT2D eigenvalue weighted by atomic mass is 9.84. The second-order valence-corrected chi connectivity index (χ2v) is 9.28. The summed E-state index contributed by atoms with van der Waals surface area (Å²) in [5.41, 5.74) is 1.59. The lowest BCUT2D eigenvalue weighted by Gasteiger charge is -2.38. The van der Waals surface area contributed by atoms with Crippen molar-refractivity contribution in [1.29, 1.82) is 0 Å². The first-order valence-corrected chi connectivity index (χ1v) is 11.9. The van der Waals surface area contributed by atoms with Crippen LogP contribution in [0.3, 0.4) is 0 Å². The second kappa shape index (κ2) is 8.96. The lowest BCUT2D eigenvalue weighted by molar-refractivity contribution is -0.0278. The molecule has 2 aliphatic heterocycles. The second-order valence-electron chi connectivity index (χ2n) is 9.28. The number of halogens is 1. The quantitative estimate of drug-likeness (QED) is 0.410. The van der Waals surface area contributed by atoms with Gasteiger partial charge in [0.25, 0.3) is 5.91 Å². The molecule has 3 heterocycles. The van der Waals surface area contributed by atoms with E-state index in [2.05, 4.69) is 10.2 Å². The Bertz CT molecular complexity index is 1440. The van der Waals surface area contributed by atoms with Crippen molar-refractivity contribution in [3.63, 3.8) is 0 Å². The van der Waals surface area contributed by atoms with E-state index in [4.69, 9.17) is 13.9 Å². The van der Waals surface area contributed by atoms with E-state index in [-0.39, 0.29) is 24.3 Å². The predicted molar refractivity (Wildman–Crippen MR) is 132 cm³/mol. The summed E-state index contributed by atoms with van der Waals surface area (Å²) < 4.78 is 30.4. The number of nitrogens with one attached hydrogen (secondary N) is 1. The van der Waals surface area contributed by atoms with E-state index in [1.165, 1.54) is 6.07 Å². The van der Waals surface area contributed by atoms with Gasteiger partial charge in [0.1, 0.15) is 11.4 Å². The maximum absolute atomic E-state index is 14.0. The highest BCUT2D eigenvalue weighted by atomic mass is 19.1. The highest BCUT2D eigenvalue weighted by Gasteiger charge is 2.34. The van der Waals surface area contributed by atoms with E-state index in [1.807, 2.05) is 18.2 Å². The number of anilines is 1. The van der Waals surface area contributed by atoms with Gasteiger partial charge < -0.3 is 24.3 Å². The third-order valence-corrected chi connectivity index (χ3v) is 6.94. The first-order chi connectivity index (χ1) is 17.5. The van der Waals surface area contributed by atoms with Crippen molar-refractivity contribution in [3.05, 3.63) is 89.4 Å².